The maximum Gasteiger partial charge on any atom is 0.220 e. The van der Waals surface area contributed by atoms with Crippen molar-refractivity contribution in [2.24, 2.45) is 17.3 Å². The summed E-state index contributed by atoms with van der Waals surface area (Å²) in [5, 5.41) is 3.24. The Balaban J connectivity index is 1.78. The van der Waals surface area contributed by atoms with Gasteiger partial charge in [-0.05, 0) is 55.1 Å². The van der Waals surface area contributed by atoms with Gasteiger partial charge in [0.05, 0.1) is 0 Å². The van der Waals surface area contributed by atoms with Gasteiger partial charge in [0.25, 0.3) is 0 Å². The van der Waals surface area contributed by atoms with Crippen molar-refractivity contribution in [3.8, 4) is 0 Å². The molecule has 0 aromatic rings. The van der Waals surface area contributed by atoms with Crippen molar-refractivity contribution >= 4 is 18.5 Å². The molecule has 2 atom stereocenters. The lowest BCUT2D eigenvalue weighted by Crippen LogP contribution is -2.40. The summed E-state index contributed by atoms with van der Waals surface area (Å²) in [6.07, 6.45) is 6.68. The van der Waals surface area contributed by atoms with Crippen LogP contribution >= 0.6 is 12.6 Å². The largest absolute Gasteiger partial charge is 0.353 e. The Labute approximate surface area is 110 Å². The summed E-state index contributed by atoms with van der Waals surface area (Å²) in [5.74, 6) is 2.62. The van der Waals surface area contributed by atoms with Crippen LogP contribution in [-0.4, -0.2) is 17.7 Å². The van der Waals surface area contributed by atoms with Gasteiger partial charge in [-0.1, -0.05) is 13.8 Å². The summed E-state index contributed by atoms with van der Waals surface area (Å²) in [7, 11) is 0. The number of thiol groups is 1. The molecule has 98 valence electrons. The lowest BCUT2D eigenvalue weighted by molar-refractivity contribution is -0.123. The maximum absolute atomic E-state index is 12.0. The second kappa shape index (κ2) is 5.21. The Kier molecular flexibility index (Phi) is 4.06. The van der Waals surface area contributed by atoms with E-state index >= 15 is 0 Å². The van der Waals surface area contributed by atoms with Gasteiger partial charge < -0.3 is 5.32 Å². The van der Waals surface area contributed by atoms with Crippen LogP contribution in [-0.2, 0) is 4.79 Å². The molecular formula is C14H25NOS. The van der Waals surface area contributed by atoms with E-state index in [-0.39, 0.29) is 11.3 Å². The Bertz CT molecular complexity index is 278. The molecule has 0 aromatic carbocycles. The van der Waals surface area contributed by atoms with E-state index in [1.165, 1.54) is 19.3 Å². The topological polar surface area (TPSA) is 29.1 Å². The molecule has 2 unspecified atom stereocenters. The van der Waals surface area contributed by atoms with Crippen LogP contribution in [0.2, 0.25) is 0 Å². The van der Waals surface area contributed by atoms with Crippen molar-refractivity contribution in [1.29, 1.82) is 0 Å². The first-order valence-electron chi connectivity index (χ1n) is 6.93. The van der Waals surface area contributed by atoms with Gasteiger partial charge in [-0.25, -0.2) is 0 Å². The summed E-state index contributed by atoms with van der Waals surface area (Å²) in [6, 6.07) is 0.414. The van der Waals surface area contributed by atoms with E-state index in [9.17, 15) is 4.79 Å². The molecular weight excluding hydrogens is 230 g/mol. The van der Waals surface area contributed by atoms with E-state index in [1.807, 2.05) is 0 Å². The second-order valence-electron chi connectivity index (χ2n) is 6.52. The zero-order valence-corrected chi connectivity index (χ0v) is 11.9. The van der Waals surface area contributed by atoms with E-state index in [2.05, 4.69) is 31.8 Å². The zero-order valence-electron chi connectivity index (χ0n) is 11.0. The van der Waals surface area contributed by atoms with Crippen LogP contribution in [0, 0.1) is 17.3 Å². The second-order valence-corrected chi connectivity index (χ2v) is 6.83. The standard InChI is InChI=1S/C14H25NOS/c1-10-5-11(2)7-12(6-10)15-13(16)8-14(9-17)3-4-14/h10-12,17H,3-9H2,1-2H3,(H,15,16). The van der Waals surface area contributed by atoms with Crippen LogP contribution < -0.4 is 5.32 Å². The summed E-state index contributed by atoms with van der Waals surface area (Å²) >= 11 is 4.35. The fourth-order valence-corrected chi connectivity index (χ4v) is 3.68. The van der Waals surface area contributed by atoms with E-state index < -0.39 is 0 Å². The lowest BCUT2D eigenvalue weighted by atomic mass is 9.80. The minimum Gasteiger partial charge on any atom is -0.353 e. The van der Waals surface area contributed by atoms with Crippen molar-refractivity contribution in [1.82, 2.24) is 5.32 Å². The molecule has 2 rings (SSSR count). The van der Waals surface area contributed by atoms with E-state index in [0.29, 0.717) is 12.5 Å². The highest BCUT2D eigenvalue weighted by molar-refractivity contribution is 7.80. The van der Waals surface area contributed by atoms with Gasteiger partial charge in [0.1, 0.15) is 0 Å². The monoisotopic (exact) mass is 255 g/mol. The molecule has 2 saturated carbocycles. The van der Waals surface area contributed by atoms with Crippen molar-refractivity contribution in [2.75, 3.05) is 5.75 Å². The molecule has 2 nitrogen and oxygen atoms in total. The number of nitrogens with one attached hydrogen (secondary N) is 1. The van der Waals surface area contributed by atoms with Crippen LogP contribution in [0.15, 0.2) is 0 Å². The van der Waals surface area contributed by atoms with Gasteiger partial charge in [0, 0.05) is 12.5 Å². The van der Waals surface area contributed by atoms with Gasteiger partial charge in [-0.3, -0.25) is 4.79 Å². The lowest BCUT2D eigenvalue weighted by Gasteiger charge is -2.32. The summed E-state index contributed by atoms with van der Waals surface area (Å²) in [6.45, 7) is 4.59. The van der Waals surface area contributed by atoms with Crippen molar-refractivity contribution in [3.63, 3.8) is 0 Å². The van der Waals surface area contributed by atoms with E-state index in [4.69, 9.17) is 0 Å². The van der Waals surface area contributed by atoms with Crippen LogP contribution in [0.3, 0.4) is 0 Å². The quantitative estimate of drug-likeness (QED) is 0.743. The molecule has 0 aromatic heterocycles. The van der Waals surface area contributed by atoms with Gasteiger partial charge in [-0.2, -0.15) is 12.6 Å². The van der Waals surface area contributed by atoms with Gasteiger partial charge >= 0.3 is 0 Å². The molecule has 0 saturated heterocycles. The first-order chi connectivity index (χ1) is 8.03. The normalized spacial score (nSPS) is 35.4. The molecule has 0 bridgehead atoms. The maximum atomic E-state index is 12.0. The first-order valence-corrected chi connectivity index (χ1v) is 7.56. The molecule has 2 aliphatic carbocycles. The Hall–Kier alpha value is -0.180. The predicted octanol–water partition coefficient (Wildman–Crippen LogP) is 3.03. The zero-order chi connectivity index (χ0) is 12.5. The fraction of sp³-hybridized carbons (Fsp3) is 0.929. The minimum atomic E-state index is 0.249. The number of rotatable bonds is 4. The third-order valence-electron chi connectivity index (χ3n) is 4.37. The minimum absolute atomic E-state index is 0.249. The molecule has 0 heterocycles. The SMILES string of the molecule is CC1CC(C)CC(NC(=O)CC2(CS)CC2)C1. The highest BCUT2D eigenvalue weighted by Crippen LogP contribution is 2.49. The molecule has 0 aliphatic heterocycles. The number of hydrogen-bond acceptors (Lipinski definition) is 2. The summed E-state index contributed by atoms with van der Waals surface area (Å²) in [5.41, 5.74) is 0.249. The molecule has 1 N–H and O–H groups in total. The molecule has 0 radical (unpaired) electrons. The fourth-order valence-electron chi connectivity index (χ4n) is 3.25. The number of carbonyl (C=O) groups is 1. The van der Waals surface area contributed by atoms with E-state index in [0.717, 1.165) is 30.4 Å². The highest BCUT2D eigenvalue weighted by Gasteiger charge is 2.43. The van der Waals surface area contributed by atoms with Crippen LogP contribution in [0.25, 0.3) is 0 Å². The van der Waals surface area contributed by atoms with Crippen LogP contribution in [0.4, 0.5) is 0 Å². The first kappa shape index (κ1) is 13.3. The molecule has 2 aliphatic rings. The molecule has 1 amide bonds. The Morgan fingerprint density at radius 1 is 1.24 bits per heavy atom. The van der Waals surface area contributed by atoms with Gasteiger partial charge in [0.15, 0.2) is 0 Å². The van der Waals surface area contributed by atoms with Gasteiger partial charge in [0.2, 0.25) is 5.91 Å². The molecule has 17 heavy (non-hydrogen) atoms. The summed E-state index contributed by atoms with van der Waals surface area (Å²) < 4.78 is 0. The Morgan fingerprint density at radius 2 is 1.82 bits per heavy atom. The average molecular weight is 255 g/mol. The predicted molar refractivity (Wildman–Crippen MR) is 74.2 cm³/mol. The van der Waals surface area contributed by atoms with Crippen LogP contribution in [0.1, 0.15) is 52.4 Å². The third-order valence-corrected chi connectivity index (χ3v) is 5.04. The number of carbonyl (C=O) groups excluding carboxylic acids is 1. The number of hydrogen-bond donors (Lipinski definition) is 2. The average Bonchev–Trinajstić information content (AvgIpc) is 2.96. The Morgan fingerprint density at radius 3 is 2.29 bits per heavy atom. The molecule has 3 heteroatoms. The molecule has 0 spiro atoms. The van der Waals surface area contributed by atoms with Gasteiger partial charge in [-0.15, -0.1) is 0 Å². The van der Waals surface area contributed by atoms with Crippen molar-refractivity contribution < 1.29 is 4.79 Å². The number of amides is 1. The van der Waals surface area contributed by atoms with Crippen molar-refractivity contribution in [3.05, 3.63) is 0 Å². The third kappa shape index (κ3) is 3.64. The highest BCUT2D eigenvalue weighted by atomic mass is 32.1. The van der Waals surface area contributed by atoms with E-state index in [1.54, 1.807) is 0 Å². The summed E-state index contributed by atoms with van der Waals surface area (Å²) in [4.78, 5) is 12.0. The van der Waals surface area contributed by atoms with Crippen molar-refractivity contribution in [2.45, 2.75) is 58.4 Å². The molecule has 2 fully saturated rings. The smallest absolute Gasteiger partial charge is 0.220 e. The van der Waals surface area contributed by atoms with Crippen LogP contribution in [0.5, 0.6) is 0 Å².